The molecule has 2 heterocycles. The lowest BCUT2D eigenvalue weighted by molar-refractivity contribution is 1.07. The van der Waals surface area contributed by atoms with E-state index in [1.807, 2.05) is 72.0 Å². The van der Waals surface area contributed by atoms with Crippen LogP contribution in [-0.2, 0) is 0 Å². The molecule has 61 heavy (non-hydrogen) atoms. The average Bonchev–Trinajstić information content (AvgIpc) is 3.72. The third-order valence-corrected chi connectivity index (χ3v) is 13.1. The highest BCUT2D eigenvalue weighted by Gasteiger charge is 2.15. The van der Waals surface area contributed by atoms with Gasteiger partial charge in [-0.15, -0.1) is 11.3 Å². The van der Waals surface area contributed by atoms with Crippen LogP contribution in [0.2, 0.25) is 0 Å². The van der Waals surface area contributed by atoms with Crippen molar-refractivity contribution < 1.29 is 0 Å². The number of benzene rings is 10. The summed E-state index contributed by atoms with van der Waals surface area (Å²) in [7, 11) is 0. The Bertz CT molecular complexity index is 3520. The molecule has 10 aromatic carbocycles. The van der Waals surface area contributed by atoms with E-state index in [0.717, 1.165) is 16.7 Å². The summed E-state index contributed by atoms with van der Waals surface area (Å²) in [5.41, 5.74) is 10.1. The van der Waals surface area contributed by atoms with Crippen molar-refractivity contribution in [2.24, 2.45) is 0 Å². The van der Waals surface area contributed by atoms with Crippen molar-refractivity contribution in [3.63, 3.8) is 0 Å². The molecule has 0 amide bonds. The molecular weight excluding hydrogens is 759 g/mol. The first kappa shape index (κ1) is 35.2. The highest BCUT2D eigenvalue weighted by molar-refractivity contribution is 7.25. The maximum absolute atomic E-state index is 4.97. The van der Waals surface area contributed by atoms with Gasteiger partial charge in [0, 0.05) is 36.9 Å². The Morgan fingerprint density at radius 2 is 0.525 bits per heavy atom. The van der Waals surface area contributed by atoms with Crippen LogP contribution in [0, 0.1) is 0 Å². The van der Waals surface area contributed by atoms with E-state index in [4.69, 9.17) is 15.0 Å². The van der Waals surface area contributed by atoms with Crippen LogP contribution in [0.4, 0.5) is 0 Å². The Hall–Kier alpha value is -7.79. The lowest BCUT2D eigenvalue weighted by atomic mass is 9.91. The predicted molar refractivity (Wildman–Crippen MR) is 258 cm³/mol. The second-order valence-corrected chi connectivity index (χ2v) is 16.7. The Morgan fingerprint density at radius 3 is 1.00 bits per heavy atom. The van der Waals surface area contributed by atoms with Crippen molar-refractivity contribution >= 4 is 63.8 Å². The van der Waals surface area contributed by atoms with Crippen molar-refractivity contribution in [1.29, 1.82) is 0 Å². The lowest BCUT2D eigenvalue weighted by Gasteiger charge is -2.12. The van der Waals surface area contributed by atoms with Gasteiger partial charge in [-0.2, -0.15) is 0 Å². The van der Waals surface area contributed by atoms with Crippen molar-refractivity contribution in [2.45, 2.75) is 0 Å². The van der Waals surface area contributed by atoms with Crippen LogP contribution in [0.5, 0.6) is 0 Å². The molecule has 0 fully saturated rings. The Kier molecular flexibility index (Phi) is 8.36. The van der Waals surface area contributed by atoms with Gasteiger partial charge < -0.3 is 0 Å². The average molecular weight is 794 g/mol. The number of aromatic nitrogens is 3. The van der Waals surface area contributed by atoms with E-state index in [0.29, 0.717) is 17.5 Å². The zero-order valence-corrected chi connectivity index (χ0v) is 33.8. The van der Waals surface area contributed by atoms with E-state index in [1.54, 1.807) is 0 Å². The molecular formula is C57H35N3S. The molecule has 0 saturated carbocycles. The zero-order valence-electron chi connectivity index (χ0n) is 33.0. The maximum Gasteiger partial charge on any atom is 0.164 e. The smallest absolute Gasteiger partial charge is 0.164 e. The van der Waals surface area contributed by atoms with Crippen molar-refractivity contribution in [1.82, 2.24) is 15.0 Å². The van der Waals surface area contributed by atoms with E-state index in [1.165, 1.54) is 85.9 Å². The second kappa shape index (κ2) is 14.5. The molecule has 0 spiro atoms. The van der Waals surface area contributed by atoms with E-state index in [2.05, 4.69) is 152 Å². The number of thiophene rings is 1. The first-order valence-corrected chi connectivity index (χ1v) is 21.4. The molecule has 0 atom stereocenters. The summed E-state index contributed by atoms with van der Waals surface area (Å²) in [6.45, 7) is 0. The van der Waals surface area contributed by atoms with Crippen LogP contribution < -0.4 is 0 Å². The Morgan fingerprint density at radius 1 is 0.213 bits per heavy atom. The number of rotatable bonds is 6. The minimum absolute atomic E-state index is 0.664. The van der Waals surface area contributed by atoms with Gasteiger partial charge in [0.05, 0.1) is 0 Å². The topological polar surface area (TPSA) is 38.7 Å². The van der Waals surface area contributed by atoms with Gasteiger partial charge in [0.25, 0.3) is 0 Å². The molecule has 12 rings (SSSR count). The van der Waals surface area contributed by atoms with Crippen LogP contribution in [0.25, 0.3) is 120 Å². The van der Waals surface area contributed by atoms with E-state index in [-0.39, 0.29) is 0 Å². The summed E-state index contributed by atoms with van der Waals surface area (Å²) in [6.07, 6.45) is 0. The van der Waals surface area contributed by atoms with Gasteiger partial charge in [0.15, 0.2) is 17.5 Å². The number of nitrogens with zero attached hydrogens (tertiary/aromatic N) is 3. The van der Waals surface area contributed by atoms with Gasteiger partial charge in [-0.25, -0.2) is 15.0 Å². The lowest BCUT2D eigenvalue weighted by Crippen LogP contribution is -1.99. The minimum Gasteiger partial charge on any atom is -0.208 e. The fourth-order valence-corrected chi connectivity index (χ4v) is 10.0. The summed E-state index contributed by atoms with van der Waals surface area (Å²) in [5.74, 6) is 1.99. The third-order valence-electron chi connectivity index (χ3n) is 11.9. The number of fused-ring (bicyclic) bond motifs is 9. The first-order chi connectivity index (χ1) is 30.2. The predicted octanol–water partition coefficient (Wildman–Crippen LogP) is 15.7. The molecule has 284 valence electrons. The Balaban J connectivity index is 0.830. The highest BCUT2D eigenvalue weighted by atomic mass is 32.1. The molecule has 2 aromatic heterocycles. The van der Waals surface area contributed by atoms with E-state index in [9.17, 15) is 0 Å². The molecule has 0 unspecified atom stereocenters. The van der Waals surface area contributed by atoms with Gasteiger partial charge in [0.2, 0.25) is 0 Å². The SMILES string of the molecule is c1ccc(-c2nc(-c3ccccc3)nc(-c3ccc4c(c3)sc3cc(-c5ccc(-c6ccc(-c7ccc8c9ccccc9c9ccccc9c8c7)cc6)cc5)ccc34)n2)cc1. The Labute approximate surface area is 356 Å². The molecule has 4 heteroatoms. The zero-order chi connectivity index (χ0) is 40.3. The quantitative estimate of drug-likeness (QED) is 0.157. The van der Waals surface area contributed by atoms with Gasteiger partial charge in [-0.3, -0.25) is 0 Å². The van der Waals surface area contributed by atoms with Crippen LogP contribution >= 0.6 is 11.3 Å². The second-order valence-electron chi connectivity index (χ2n) is 15.6. The molecule has 0 aliphatic carbocycles. The molecule has 0 N–H and O–H groups in total. The monoisotopic (exact) mass is 793 g/mol. The van der Waals surface area contributed by atoms with Crippen LogP contribution in [0.3, 0.4) is 0 Å². The third kappa shape index (κ3) is 6.24. The fraction of sp³-hybridized carbons (Fsp3) is 0. The van der Waals surface area contributed by atoms with Crippen molar-refractivity contribution in [2.75, 3.05) is 0 Å². The van der Waals surface area contributed by atoms with Crippen molar-refractivity contribution in [3.8, 4) is 67.5 Å². The summed E-state index contributed by atoms with van der Waals surface area (Å²) in [4.78, 5) is 14.8. The van der Waals surface area contributed by atoms with E-state index >= 15 is 0 Å². The van der Waals surface area contributed by atoms with Crippen molar-refractivity contribution in [3.05, 3.63) is 212 Å². The summed E-state index contributed by atoms with van der Waals surface area (Å²) >= 11 is 1.81. The molecule has 0 aliphatic rings. The first-order valence-electron chi connectivity index (χ1n) is 20.6. The molecule has 0 radical (unpaired) electrons. The molecule has 3 nitrogen and oxygen atoms in total. The number of hydrogen-bond donors (Lipinski definition) is 0. The van der Waals surface area contributed by atoms with Gasteiger partial charge in [0.1, 0.15) is 0 Å². The summed E-state index contributed by atoms with van der Waals surface area (Å²) < 4.78 is 2.46. The largest absolute Gasteiger partial charge is 0.208 e. The molecule has 12 aromatic rings. The fourth-order valence-electron chi connectivity index (χ4n) is 8.83. The summed E-state index contributed by atoms with van der Waals surface area (Å²) in [6, 6.07) is 76.0. The molecule has 0 saturated heterocycles. The minimum atomic E-state index is 0.664. The van der Waals surface area contributed by atoms with Crippen LogP contribution in [0.15, 0.2) is 212 Å². The normalized spacial score (nSPS) is 11.6. The van der Waals surface area contributed by atoms with Crippen LogP contribution in [-0.4, -0.2) is 15.0 Å². The van der Waals surface area contributed by atoms with Gasteiger partial charge >= 0.3 is 0 Å². The molecule has 0 aliphatic heterocycles. The standard InChI is InChI=1S/C57H35N3S/c1-3-11-40(12-4-1)55-58-56(41-13-5-2-6-14-41)60-57(59-55)44-29-32-51-50-31-28-43(34-53(50)61-54(51)35-44)39-25-21-37(22-26-39)36-19-23-38(24-20-36)42-27-30-49-47-17-8-7-15-45(47)46-16-9-10-18-48(46)52(49)33-42/h1-35H. The summed E-state index contributed by atoms with van der Waals surface area (Å²) in [5, 5.41) is 10.3. The van der Waals surface area contributed by atoms with Gasteiger partial charge in [-0.1, -0.05) is 194 Å². The van der Waals surface area contributed by atoms with E-state index < -0.39 is 0 Å². The number of hydrogen-bond acceptors (Lipinski definition) is 4. The maximum atomic E-state index is 4.97. The van der Waals surface area contributed by atoms with Crippen LogP contribution in [0.1, 0.15) is 0 Å². The highest BCUT2D eigenvalue weighted by Crippen LogP contribution is 2.40. The van der Waals surface area contributed by atoms with Gasteiger partial charge in [-0.05, 0) is 83.9 Å². The molecule has 0 bridgehead atoms.